The standard InChI is InChI=1S/C21H18N4O2S/c1-13(20-24-17-8-3-4-9-18(17)28-20)25(2)21(27)14-10-11-16(23-19(14)26)15-7-5-6-12-22-15/h3-13H,1-2H3,(H,23,26)/t13-/m0/s1. The highest BCUT2D eigenvalue weighted by Gasteiger charge is 2.23. The van der Waals surface area contributed by atoms with E-state index in [1.165, 1.54) is 0 Å². The molecule has 140 valence electrons. The van der Waals surface area contributed by atoms with Crippen LogP contribution in [-0.4, -0.2) is 32.8 Å². The average Bonchev–Trinajstić information content (AvgIpc) is 3.17. The van der Waals surface area contributed by atoms with Gasteiger partial charge in [0.2, 0.25) is 0 Å². The number of pyridine rings is 2. The molecule has 0 radical (unpaired) electrons. The van der Waals surface area contributed by atoms with Crippen molar-refractivity contribution in [1.29, 1.82) is 0 Å². The van der Waals surface area contributed by atoms with E-state index >= 15 is 0 Å². The van der Waals surface area contributed by atoms with Crippen molar-refractivity contribution < 1.29 is 4.79 Å². The van der Waals surface area contributed by atoms with E-state index in [-0.39, 0.29) is 17.5 Å². The van der Waals surface area contributed by atoms with Crippen LogP contribution in [0, 0.1) is 0 Å². The molecule has 0 aliphatic carbocycles. The maximum Gasteiger partial charge on any atom is 0.261 e. The van der Waals surface area contributed by atoms with E-state index in [2.05, 4.69) is 15.0 Å². The number of para-hydroxylation sites is 1. The highest BCUT2D eigenvalue weighted by Crippen LogP contribution is 2.29. The highest BCUT2D eigenvalue weighted by molar-refractivity contribution is 7.18. The number of amides is 1. The number of H-pyrrole nitrogens is 1. The molecule has 28 heavy (non-hydrogen) atoms. The Balaban J connectivity index is 1.60. The molecule has 0 saturated heterocycles. The topological polar surface area (TPSA) is 79.0 Å². The summed E-state index contributed by atoms with van der Waals surface area (Å²) in [6.07, 6.45) is 1.65. The first kappa shape index (κ1) is 18.1. The Morgan fingerprint density at radius 3 is 2.61 bits per heavy atom. The van der Waals surface area contributed by atoms with Crippen LogP contribution in [-0.2, 0) is 0 Å². The SMILES string of the molecule is C[C@@H](c1nc2ccccc2s1)N(C)C(=O)c1ccc(-c2ccccn2)[nH]c1=O. The first-order chi connectivity index (χ1) is 13.5. The fourth-order valence-electron chi connectivity index (χ4n) is 2.91. The fraction of sp³-hybridized carbons (Fsp3) is 0.143. The van der Waals surface area contributed by atoms with Crippen molar-refractivity contribution in [2.24, 2.45) is 0 Å². The monoisotopic (exact) mass is 390 g/mol. The van der Waals surface area contributed by atoms with Crippen molar-refractivity contribution >= 4 is 27.5 Å². The number of hydrogen-bond acceptors (Lipinski definition) is 5. The van der Waals surface area contributed by atoms with Crippen LogP contribution in [0.2, 0.25) is 0 Å². The van der Waals surface area contributed by atoms with E-state index in [1.807, 2.05) is 37.3 Å². The van der Waals surface area contributed by atoms with E-state index in [4.69, 9.17) is 0 Å². The van der Waals surface area contributed by atoms with Crippen LogP contribution < -0.4 is 5.56 Å². The minimum Gasteiger partial charge on any atom is -0.332 e. The van der Waals surface area contributed by atoms with Gasteiger partial charge in [-0.25, -0.2) is 4.98 Å². The van der Waals surface area contributed by atoms with E-state index in [0.717, 1.165) is 15.2 Å². The quantitative estimate of drug-likeness (QED) is 0.574. The first-order valence-corrected chi connectivity index (χ1v) is 9.63. The predicted molar refractivity (Wildman–Crippen MR) is 110 cm³/mol. The van der Waals surface area contributed by atoms with E-state index in [9.17, 15) is 9.59 Å². The molecular weight excluding hydrogens is 372 g/mol. The Morgan fingerprint density at radius 1 is 1.11 bits per heavy atom. The van der Waals surface area contributed by atoms with Gasteiger partial charge in [0.05, 0.1) is 27.6 Å². The zero-order valence-electron chi connectivity index (χ0n) is 15.4. The molecule has 0 bridgehead atoms. The van der Waals surface area contributed by atoms with Crippen LogP contribution in [0.5, 0.6) is 0 Å². The number of rotatable bonds is 4. The second-order valence-corrected chi connectivity index (χ2v) is 7.50. The third kappa shape index (κ3) is 3.32. The van der Waals surface area contributed by atoms with Crippen LogP contribution in [0.25, 0.3) is 21.6 Å². The number of hydrogen-bond donors (Lipinski definition) is 1. The second-order valence-electron chi connectivity index (χ2n) is 6.44. The molecule has 4 rings (SSSR count). The van der Waals surface area contributed by atoms with Gasteiger partial charge < -0.3 is 9.88 Å². The van der Waals surface area contributed by atoms with Crippen LogP contribution in [0.4, 0.5) is 0 Å². The average molecular weight is 390 g/mol. The van der Waals surface area contributed by atoms with Gasteiger partial charge in [-0.15, -0.1) is 11.3 Å². The molecule has 0 aliphatic heterocycles. The molecule has 0 aliphatic rings. The summed E-state index contributed by atoms with van der Waals surface area (Å²) < 4.78 is 1.07. The van der Waals surface area contributed by atoms with Gasteiger partial charge >= 0.3 is 0 Å². The molecule has 0 spiro atoms. The molecule has 0 unspecified atom stereocenters. The smallest absolute Gasteiger partial charge is 0.261 e. The maximum absolute atomic E-state index is 12.9. The van der Waals surface area contributed by atoms with Crippen molar-refractivity contribution in [3.05, 3.63) is 81.7 Å². The Labute approximate surface area is 165 Å². The van der Waals surface area contributed by atoms with Crippen LogP contribution in [0.15, 0.2) is 65.6 Å². The third-order valence-corrected chi connectivity index (χ3v) is 5.86. The van der Waals surface area contributed by atoms with Crippen LogP contribution in [0.1, 0.15) is 28.3 Å². The first-order valence-electron chi connectivity index (χ1n) is 8.82. The lowest BCUT2D eigenvalue weighted by atomic mass is 10.1. The number of aromatic amines is 1. The molecule has 0 fully saturated rings. The zero-order chi connectivity index (χ0) is 19.7. The minimum atomic E-state index is -0.434. The lowest BCUT2D eigenvalue weighted by Gasteiger charge is -2.23. The van der Waals surface area contributed by atoms with Gasteiger partial charge in [-0.3, -0.25) is 14.6 Å². The summed E-state index contributed by atoms with van der Waals surface area (Å²) in [4.78, 5) is 38.6. The van der Waals surface area contributed by atoms with Crippen LogP contribution >= 0.6 is 11.3 Å². The lowest BCUT2D eigenvalue weighted by molar-refractivity contribution is 0.0741. The zero-order valence-corrected chi connectivity index (χ0v) is 16.2. The number of carbonyl (C=O) groups is 1. The van der Waals surface area contributed by atoms with Crippen molar-refractivity contribution in [1.82, 2.24) is 19.9 Å². The van der Waals surface area contributed by atoms with Crippen molar-refractivity contribution in [3.63, 3.8) is 0 Å². The summed E-state index contributed by atoms with van der Waals surface area (Å²) in [5, 5.41) is 0.832. The molecule has 0 saturated carbocycles. The number of nitrogens with one attached hydrogen (secondary N) is 1. The largest absolute Gasteiger partial charge is 0.332 e. The third-order valence-electron chi connectivity index (χ3n) is 4.65. The van der Waals surface area contributed by atoms with E-state index < -0.39 is 5.56 Å². The Hall–Kier alpha value is -3.32. The normalized spacial score (nSPS) is 12.1. The summed E-state index contributed by atoms with van der Waals surface area (Å²) in [5.74, 6) is -0.347. The predicted octanol–water partition coefficient (Wildman–Crippen LogP) is 3.88. The van der Waals surface area contributed by atoms with E-state index in [0.29, 0.717) is 11.4 Å². The lowest BCUT2D eigenvalue weighted by Crippen LogP contribution is -2.33. The Bertz CT molecular complexity index is 1170. The summed E-state index contributed by atoms with van der Waals surface area (Å²) in [6.45, 7) is 1.91. The minimum absolute atomic E-state index is 0.0927. The van der Waals surface area contributed by atoms with Gasteiger partial charge in [-0.2, -0.15) is 0 Å². The molecule has 4 aromatic rings. The number of fused-ring (bicyclic) bond motifs is 1. The maximum atomic E-state index is 12.9. The molecular formula is C21H18N4O2S. The fourth-order valence-corrected chi connectivity index (χ4v) is 3.98. The van der Waals surface area contributed by atoms with Gasteiger partial charge in [-0.05, 0) is 43.3 Å². The number of nitrogens with zero attached hydrogens (tertiary/aromatic N) is 3. The van der Waals surface area contributed by atoms with Crippen molar-refractivity contribution in [2.75, 3.05) is 7.05 Å². The Morgan fingerprint density at radius 2 is 1.89 bits per heavy atom. The molecule has 3 heterocycles. The Kier molecular flexibility index (Phi) is 4.75. The highest BCUT2D eigenvalue weighted by atomic mass is 32.1. The summed E-state index contributed by atoms with van der Waals surface area (Å²) in [5.41, 5.74) is 1.79. The van der Waals surface area contributed by atoms with Crippen LogP contribution in [0.3, 0.4) is 0 Å². The number of benzene rings is 1. The van der Waals surface area contributed by atoms with Gasteiger partial charge in [0, 0.05) is 13.2 Å². The number of aromatic nitrogens is 3. The summed E-state index contributed by atoms with van der Waals surface area (Å²) in [7, 11) is 1.69. The molecule has 7 heteroatoms. The van der Waals surface area contributed by atoms with Gasteiger partial charge in [0.15, 0.2) is 0 Å². The second kappa shape index (κ2) is 7.36. The van der Waals surface area contributed by atoms with Gasteiger partial charge in [-0.1, -0.05) is 18.2 Å². The van der Waals surface area contributed by atoms with E-state index in [1.54, 1.807) is 53.7 Å². The van der Waals surface area contributed by atoms with Gasteiger partial charge in [0.25, 0.3) is 11.5 Å². The molecule has 6 nitrogen and oxygen atoms in total. The molecule has 1 aromatic carbocycles. The van der Waals surface area contributed by atoms with Crippen molar-refractivity contribution in [3.8, 4) is 11.4 Å². The molecule has 1 N–H and O–H groups in total. The van der Waals surface area contributed by atoms with Gasteiger partial charge in [0.1, 0.15) is 10.6 Å². The molecule has 3 aromatic heterocycles. The number of thiazole rings is 1. The molecule has 1 amide bonds. The van der Waals surface area contributed by atoms with Crippen molar-refractivity contribution in [2.45, 2.75) is 13.0 Å². The summed E-state index contributed by atoms with van der Waals surface area (Å²) >= 11 is 1.55. The number of carbonyl (C=O) groups excluding carboxylic acids is 1. The summed E-state index contributed by atoms with van der Waals surface area (Å²) in [6, 6.07) is 16.3. The molecule has 1 atom stereocenters.